The molecular formula is C21H31Cl2N3O2. The average Bonchev–Trinajstić information content (AvgIpc) is 3.03. The Morgan fingerprint density at radius 3 is 2.46 bits per heavy atom. The van der Waals surface area contributed by atoms with Crippen LogP contribution in [0.4, 0.5) is 5.69 Å². The smallest absolute Gasteiger partial charge is 0.255 e. The van der Waals surface area contributed by atoms with E-state index in [1.165, 1.54) is 6.42 Å². The molecule has 0 radical (unpaired) electrons. The zero-order chi connectivity index (χ0) is 19.7. The molecule has 0 bridgehead atoms. The number of anilines is 1. The summed E-state index contributed by atoms with van der Waals surface area (Å²) in [5.41, 5.74) is 1.35. The number of benzene rings is 1. The van der Waals surface area contributed by atoms with E-state index in [-0.39, 0.29) is 29.6 Å². The largest absolute Gasteiger partial charge is 0.339 e. The van der Waals surface area contributed by atoms with Crippen LogP contribution in [0.15, 0.2) is 18.2 Å². The molecule has 0 atom stereocenters. The van der Waals surface area contributed by atoms with Crippen molar-refractivity contribution in [3.63, 3.8) is 0 Å². The molecule has 0 unspecified atom stereocenters. The van der Waals surface area contributed by atoms with Crippen molar-refractivity contribution in [2.24, 2.45) is 10.8 Å². The van der Waals surface area contributed by atoms with Gasteiger partial charge in [-0.25, -0.2) is 0 Å². The van der Waals surface area contributed by atoms with Gasteiger partial charge in [0.1, 0.15) is 0 Å². The van der Waals surface area contributed by atoms with Gasteiger partial charge in [-0.1, -0.05) is 32.4 Å². The van der Waals surface area contributed by atoms with E-state index in [9.17, 15) is 9.59 Å². The van der Waals surface area contributed by atoms with Crippen LogP contribution in [-0.4, -0.2) is 42.9 Å². The summed E-state index contributed by atoms with van der Waals surface area (Å²) in [5, 5.41) is 6.76. The summed E-state index contributed by atoms with van der Waals surface area (Å²) in [4.78, 5) is 27.1. The lowest BCUT2D eigenvalue weighted by Crippen LogP contribution is -2.44. The van der Waals surface area contributed by atoms with E-state index in [0.29, 0.717) is 28.1 Å². The Kier molecular flexibility index (Phi) is 7.40. The van der Waals surface area contributed by atoms with Crippen molar-refractivity contribution in [1.82, 2.24) is 10.2 Å². The predicted molar refractivity (Wildman–Crippen MR) is 116 cm³/mol. The molecule has 2 saturated heterocycles. The highest BCUT2D eigenvalue weighted by atomic mass is 35.5. The van der Waals surface area contributed by atoms with Gasteiger partial charge in [-0.2, -0.15) is 0 Å². The Balaban J connectivity index is 0.00000280. The van der Waals surface area contributed by atoms with Crippen molar-refractivity contribution < 1.29 is 9.59 Å². The third kappa shape index (κ3) is 5.62. The zero-order valence-electron chi connectivity index (χ0n) is 16.9. The highest BCUT2D eigenvalue weighted by Crippen LogP contribution is 2.37. The number of nitrogens with zero attached hydrogens (tertiary/aromatic N) is 1. The lowest BCUT2D eigenvalue weighted by molar-refractivity contribution is -0.117. The fourth-order valence-electron chi connectivity index (χ4n) is 4.03. The minimum Gasteiger partial charge on any atom is -0.339 e. The summed E-state index contributed by atoms with van der Waals surface area (Å²) in [7, 11) is 0. The highest BCUT2D eigenvalue weighted by Gasteiger charge is 2.38. The van der Waals surface area contributed by atoms with Gasteiger partial charge in [0.15, 0.2) is 0 Å². The van der Waals surface area contributed by atoms with E-state index < -0.39 is 0 Å². The Bertz CT molecular complexity index is 715. The normalized spacial score (nSPS) is 18.6. The molecule has 1 aromatic carbocycles. The van der Waals surface area contributed by atoms with Gasteiger partial charge in [-0.05, 0) is 54.8 Å². The van der Waals surface area contributed by atoms with Crippen LogP contribution in [0, 0.1) is 10.8 Å². The van der Waals surface area contributed by atoms with Gasteiger partial charge in [0.25, 0.3) is 5.91 Å². The van der Waals surface area contributed by atoms with Crippen LogP contribution >= 0.6 is 24.0 Å². The van der Waals surface area contributed by atoms with Crippen molar-refractivity contribution in [3.05, 3.63) is 28.8 Å². The molecule has 2 N–H and O–H groups in total. The second-order valence-corrected chi connectivity index (χ2v) is 9.61. The van der Waals surface area contributed by atoms with E-state index in [2.05, 4.69) is 10.6 Å². The molecule has 1 aromatic rings. The van der Waals surface area contributed by atoms with Crippen LogP contribution in [-0.2, 0) is 4.79 Å². The molecule has 2 fully saturated rings. The summed E-state index contributed by atoms with van der Waals surface area (Å²) in [6, 6.07) is 5.13. The second kappa shape index (κ2) is 9.02. The van der Waals surface area contributed by atoms with Crippen molar-refractivity contribution in [1.29, 1.82) is 0 Å². The zero-order valence-corrected chi connectivity index (χ0v) is 18.5. The maximum Gasteiger partial charge on any atom is 0.255 e. The summed E-state index contributed by atoms with van der Waals surface area (Å²) < 4.78 is 0. The number of carbonyl (C=O) groups is 2. The third-order valence-electron chi connectivity index (χ3n) is 5.61. The second-order valence-electron chi connectivity index (χ2n) is 9.20. The van der Waals surface area contributed by atoms with Gasteiger partial charge in [0, 0.05) is 31.7 Å². The molecule has 2 heterocycles. The van der Waals surface area contributed by atoms with Gasteiger partial charge in [0.05, 0.1) is 10.6 Å². The molecule has 28 heavy (non-hydrogen) atoms. The lowest BCUT2D eigenvalue weighted by Gasteiger charge is -2.39. The maximum atomic E-state index is 13.0. The topological polar surface area (TPSA) is 61.4 Å². The number of likely N-dealkylation sites (tertiary alicyclic amines) is 1. The first kappa shape index (κ1) is 23.0. The SMILES string of the molecule is CC(C)(C)CC(=O)Nc1ccc(Cl)c(C(=O)N2CCC3(CCNC3)CC2)c1.Cl. The van der Waals surface area contributed by atoms with Crippen LogP contribution in [0.3, 0.4) is 0 Å². The predicted octanol–water partition coefficient (Wildman–Crippen LogP) is 4.35. The van der Waals surface area contributed by atoms with Crippen LogP contribution in [0.25, 0.3) is 0 Å². The number of carbonyl (C=O) groups excluding carboxylic acids is 2. The molecule has 0 aromatic heterocycles. The van der Waals surface area contributed by atoms with Crippen molar-refractivity contribution in [2.45, 2.75) is 46.5 Å². The fraction of sp³-hybridized carbons (Fsp3) is 0.619. The lowest BCUT2D eigenvalue weighted by atomic mass is 9.78. The van der Waals surface area contributed by atoms with E-state index in [1.54, 1.807) is 18.2 Å². The third-order valence-corrected chi connectivity index (χ3v) is 5.94. The van der Waals surface area contributed by atoms with E-state index in [4.69, 9.17) is 11.6 Å². The molecule has 3 rings (SSSR count). The summed E-state index contributed by atoms with van der Waals surface area (Å²) in [6.07, 6.45) is 3.68. The van der Waals surface area contributed by atoms with Crippen LogP contribution in [0.2, 0.25) is 5.02 Å². The molecule has 2 aliphatic heterocycles. The molecule has 5 nitrogen and oxygen atoms in total. The number of hydrogen-bond acceptors (Lipinski definition) is 3. The molecule has 0 saturated carbocycles. The quantitative estimate of drug-likeness (QED) is 0.753. The van der Waals surface area contributed by atoms with Gasteiger partial charge in [0.2, 0.25) is 5.91 Å². The standard InChI is InChI=1S/C21H30ClN3O2.ClH/c1-20(2,3)13-18(26)24-15-4-5-17(22)16(12-15)19(27)25-10-7-21(8-11-25)6-9-23-14-21;/h4-5,12,23H,6-11,13-14H2,1-3H3,(H,24,26);1H. The van der Waals surface area contributed by atoms with E-state index >= 15 is 0 Å². The minimum atomic E-state index is -0.0893. The summed E-state index contributed by atoms with van der Waals surface area (Å²) in [6.45, 7) is 9.72. The van der Waals surface area contributed by atoms with Crippen LogP contribution < -0.4 is 10.6 Å². The Morgan fingerprint density at radius 2 is 1.89 bits per heavy atom. The molecule has 1 spiro atoms. The number of piperidine rings is 1. The van der Waals surface area contributed by atoms with Crippen molar-refractivity contribution >= 4 is 41.5 Å². The van der Waals surface area contributed by atoms with Gasteiger partial charge < -0.3 is 15.5 Å². The van der Waals surface area contributed by atoms with Gasteiger partial charge >= 0.3 is 0 Å². The van der Waals surface area contributed by atoms with E-state index in [1.807, 2.05) is 25.7 Å². The Morgan fingerprint density at radius 1 is 1.21 bits per heavy atom. The fourth-order valence-corrected chi connectivity index (χ4v) is 4.23. The monoisotopic (exact) mass is 427 g/mol. The van der Waals surface area contributed by atoms with Crippen LogP contribution in [0.5, 0.6) is 0 Å². The number of rotatable bonds is 3. The average molecular weight is 428 g/mol. The van der Waals surface area contributed by atoms with E-state index in [0.717, 1.165) is 39.0 Å². The molecule has 7 heteroatoms. The Labute approximate surface area is 179 Å². The van der Waals surface area contributed by atoms with Crippen molar-refractivity contribution in [2.75, 3.05) is 31.5 Å². The van der Waals surface area contributed by atoms with Crippen LogP contribution in [0.1, 0.15) is 56.8 Å². The number of halogens is 2. The number of hydrogen-bond donors (Lipinski definition) is 2. The van der Waals surface area contributed by atoms with Crippen molar-refractivity contribution in [3.8, 4) is 0 Å². The van der Waals surface area contributed by atoms with Gasteiger partial charge in [-0.3, -0.25) is 9.59 Å². The molecular weight excluding hydrogens is 397 g/mol. The number of nitrogens with one attached hydrogen (secondary N) is 2. The summed E-state index contributed by atoms with van der Waals surface area (Å²) in [5.74, 6) is -0.107. The molecule has 2 aliphatic rings. The number of amides is 2. The maximum absolute atomic E-state index is 13.0. The van der Waals surface area contributed by atoms with Gasteiger partial charge in [-0.15, -0.1) is 12.4 Å². The Hall–Kier alpha value is -1.30. The first-order valence-corrected chi connectivity index (χ1v) is 10.1. The molecule has 156 valence electrons. The minimum absolute atomic E-state index is 0. The molecule has 2 amide bonds. The molecule has 0 aliphatic carbocycles. The summed E-state index contributed by atoms with van der Waals surface area (Å²) >= 11 is 6.30. The first-order valence-electron chi connectivity index (χ1n) is 9.77. The highest BCUT2D eigenvalue weighted by molar-refractivity contribution is 6.34. The first-order chi connectivity index (χ1) is 12.7.